The van der Waals surface area contributed by atoms with Crippen molar-refractivity contribution in [1.29, 1.82) is 5.26 Å². The highest BCUT2D eigenvalue weighted by Gasteiger charge is 2.04. The maximum atomic E-state index is 8.41. The van der Waals surface area contributed by atoms with Gasteiger partial charge in [0.1, 0.15) is 11.8 Å². The molecule has 0 aliphatic heterocycles. The van der Waals surface area contributed by atoms with Gasteiger partial charge in [-0.05, 0) is 31.5 Å². The van der Waals surface area contributed by atoms with Gasteiger partial charge in [0.15, 0.2) is 6.61 Å². The molecule has 0 spiro atoms. The highest BCUT2D eigenvalue weighted by molar-refractivity contribution is 5.29. The Bertz CT molecular complexity index is 370. The number of benzene rings is 1. The van der Waals surface area contributed by atoms with Crippen LogP contribution in [0.2, 0.25) is 0 Å². The summed E-state index contributed by atoms with van der Waals surface area (Å²) in [5.41, 5.74) is 1.19. The van der Waals surface area contributed by atoms with Crippen molar-refractivity contribution in [1.82, 2.24) is 5.32 Å². The maximum absolute atomic E-state index is 8.41. The molecule has 98 valence electrons. The fourth-order valence-electron chi connectivity index (χ4n) is 1.58. The average molecular weight is 248 g/mol. The molecule has 0 aromatic heterocycles. The van der Waals surface area contributed by atoms with Crippen LogP contribution >= 0.6 is 0 Å². The highest BCUT2D eigenvalue weighted by Crippen LogP contribution is 2.17. The van der Waals surface area contributed by atoms with Crippen molar-refractivity contribution < 1.29 is 9.47 Å². The zero-order valence-electron chi connectivity index (χ0n) is 11.0. The summed E-state index contributed by atoms with van der Waals surface area (Å²) < 4.78 is 10.5. The van der Waals surface area contributed by atoms with E-state index in [2.05, 4.69) is 12.2 Å². The van der Waals surface area contributed by atoms with E-state index in [1.165, 1.54) is 5.56 Å². The molecule has 0 amide bonds. The Morgan fingerprint density at radius 3 is 2.67 bits per heavy atom. The minimum atomic E-state index is 0.0848. The largest absolute Gasteiger partial charge is 0.479 e. The predicted molar refractivity (Wildman–Crippen MR) is 70.5 cm³/mol. The lowest BCUT2D eigenvalue weighted by atomic mass is 10.1. The molecule has 0 saturated heterocycles. The number of hydrogen-bond acceptors (Lipinski definition) is 4. The Balaban J connectivity index is 2.39. The van der Waals surface area contributed by atoms with Crippen LogP contribution in [0.25, 0.3) is 0 Å². The smallest absolute Gasteiger partial charge is 0.174 e. The second-order valence-corrected chi connectivity index (χ2v) is 3.89. The van der Waals surface area contributed by atoms with Crippen LogP contribution in [0.4, 0.5) is 0 Å². The molecule has 1 aromatic carbocycles. The highest BCUT2D eigenvalue weighted by atomic mass is 16.5. The van der Waals surface area contributed by atoms with E-state index in [0.29, 0.717) is 0 Å². The standard InChI is InChI=1S/C14H20N2O2/c1-3-17-11-9-16-12(2)13-4-6-14(7-5-13)18-10-8-15/h4-7,12,16H,3,9-11H2,1-2H3. The fourth-order valence-corrected chi connectivity index (χ4v) is 1.58. The Morgan fingerprint density at radius 1 is 1.33 bits per heavy atom. The molecule has 0 saturated carbocycles. The lowest BCUT2D eigenvalue weighted by Gasteiger charge is -2.14. The van der Waals surface area contributed by atoms with Gasteiger partial charge >= 0.3 is 0 Å². The van der Waals surface area contributed by atoms with E-state index in [9.17, 15) is 0 Å². The number of nitrogens with zero attached hydrogens (tertiary/aromatic N) is 1. The number of ether oxygens (including phenoxy) is 2. The second kappa shape index (κ2) is 8.51. The van der Waals surface area contributed by atoms with E-state index in [0.717, 1.165) is 25.5 Å². The number of rotatable bonds is 8. The third-order valence-electron chi connectivity index (χ3n) is 2.58. The minimum Gasteiger partial charge on any atom is -0.479 e. The van der Waals surface area contributed by atoms with Crippen molar-refractivity contribution in [3.8, 4) is 11.8 Å². The van der Waals surface area contributed by atoms with Crippen molar-refractivity contribution >= 4 is 0 Å². The third kappa shape index (κ3) is 5.17. The first kappa shape index (κ1) is 14.5. The molecule has 0 heterocycles. The Hall–Kier alpha value is -1.57. The van der Waals surface area contributed by atoms with Crippen LogP contribution in [-0.4, -0.2) is 26.4 Å². The molecule has 4 heteroatoms. The van der Waals surface area contributed by atoms with Gasteiger partial charge in [0.25, 0.3) is 0 Å². The molecule has 0 aliphatic rings. The van der Waals surface area contributed by atoms with Crippen molar-refractivity contribution in [3.63, 3.8) is 0 Å². The van der Waals surface area contributed by atoms with Crippen molar-refractivity contribution in [3.05, 3.63) is 29.8 Å². The van der Waals surface area contributed by atoms with E-state index in [4.69, 9.17) is 14.7 Å². The Morgan fingerprint density at radius 2 is 2.06 bits per heavy atom. The lowest BCUT2D eigenvalue weighted by molar-refractivity contribution is 0.147. The summed E-state index contributed by atoms with van der Waals surface area (Å²) in [7, 11) is 0. The van der Waals surface area contributed by atoms with Crippen LogP contribution in [-0.2, 0) is 4.74 Å². The zero-order valence-corrected chi connectivity index (χ0v) is 11.0. The molecular formula is C14H20N2O2. The normalized spacial score (nSPS) is 11.8. The molecule has 4 nitrogen and oxygen atoms in total. The number of nitriles is 1. The van der Waals surface area contributed by atoms with Crippen LogP contribution in [0.3, 0.4) is 0 Å². The van der Waals surface area contributed by atoms with Crippen LogP contribution < -0.4 is 10.1 Å². The minimum absolute atomic E-state index is 0.0848. The summed E-state index contributed by atoms with van der Waals surface area (Å²) in [5, 5.41) is 11.8. The Labute approximate surface area is 109 Å². The molecule has 0 aliphatic carbocycles. The van der Waals surface area contributed by atoms with E-state index in [-0.39, 0.29) is 12.6 Å². The van der Waals surface area contributed by atoms with Crippen molar-refractivity contribution in [2.45, 2.75) is 19.9 Å². The van der Waals surface area contributed by atoms with Crippen LogP contribution in [0.5, 0.6) is 5.75 Å². The molecule has 18 heavy (non-hydrogen) atoms. The number of hydrogen-bond donors (Lipinski definition) is 1. The van der Waals surface area contributed by atoms with Gasteiger partial charge in [0, 0.05) is 19.2 Å². The molecule has 1 N–H and O–H groups in total. The van der Waals surface area contributed by atoms with Gasteiger partial charge in [0.05, 0.1) is 6.61 Å². The van der Waals surface area contributed by atoms with E-state index in [1.807, 2.05) is 37.3 Å². The third-order valence-corrected chi connectivity index (χ3v) is 2.58. The van der Waals surface area contributed by atoms with E-state index >= 15 is 0 Å². The van der Waals surface area contributed by atoms with Crippen LogP contribution in [0, 0.1) is 11.3 Å². The molecule has 1 atom stereocenters. The first-order valence-corrected chi connectivity index (χ1v) is 6.18. The van der Waals surface area contributed by atoms with Gasteiger partial charge < -0.3 is 14.8 Å². The quantitative estimate of drug-likeness (QED) is 0.717. The summed E-state index contributed by atoms with van der Waals surface area (Å²) in [6, 6.07) is 9.99. The Kier molecular flexibility index (Phi) is 6.85. The predicted octanol–water partition coefficient (Wildman–Crippen LogP) is 2.28. The summed E-state index contributed by atoms with van der Waals surface area (Å²) in [6.45, 7) is 6.49. The van der Waals surface area contributed by atoms with Crippen LogP contribution in [0.15, 0.2) is 24.3 Å². The first-order chi connectivity index (χ1) is 8.77. The van der Waals surface area contributed by atoms with E-state index < -0.39 is 0 Å². The summed E-state index contributed by atoms with van der Waals surface area (Å²) in [4.78, 5) is 0. The van der Waals surface area contributed by atoms with Gasteiger partial charge in [-0.15, -0.1) is 0 Å². The molecular weight excluding hydrogens is 228 g/mol. The average Bonchev–Trinajstić information content (AvgIpc) is 2.41. The molecule has 0 bridgehead atoms. The summed E-state index contributed by atoms with van der Waals surface area (Å²) >= 11 is 0. The maximum Gasteiger partial charge on any atom is 0.174 e. The van der Waals surface area contributed by atoms with Crippen molar-refractivity contribution in [2.75, 3.05) is 26.4 Å². The van der Waals surface area contributed by atoms with Gasteiger partial charge in [-0.25, -0.2) is 0 Å². The topological polar surface area (TPSA) is 54.3 Å². The van der Waals surface area contributed by atoms with Gasteiger partial charge in [-0.1, -0.05) is 12.1 Å². The zero-order chi connectivity index (χ0) is 13.2. The fraction of sp³-hybridized carbons (Fsp3) is 0.500. The molecule has 1 unspecified atom stereocenters. The van der Waals surface area contributed by atoms with Crippen molar-refractivity contribution in [2.24, 2.45) is 0 Å². The van der Waals surface area contributed by atoms with E-state index in [1.54, 1.807) is 0 Å². The molecule has 1 rings (SSSR count). The van der Waals surface area contributed by atoms with Gasteiger partial charge in [-0.2, -0.15) is 5.26 Å². The lowest BCUT2D eigenvalue weighted by Crippen LogP contribution is -2.23. The molecule has 0 radical (unpaired) electrons. The molecule has 0 fully saturated rings. The van der Waals surface area contributed by atoms with Crippen LogP contribution in [0.1, 0.15) is 25.5 Å². The monoisotopic (exact) mass is 248 g/mol. The number of nitrogens with one attached hydrogen (secondary N) is 1. The van der Waals surface area contributed by atoms with Gasteiger partial charge in [0.2, 0.25) is 0 Å². The van der Waals surface area contributed by atoms with Gasteiger partial charge in [-0.3, -0.25) is 0 Å². The second-order valence-electron chi connectivity index (χ2n) is 3.89. The molecule has 1 aromatic rings. The SMILES string of the molecule is CCOCCNC(C)c1ccc(OCC#N)cc1. The first-order valence-electron chi connectivity index (χ1n) is 6.18. The summed E-state index contributed by atoms with van der Waals surface area (Å²) in [6.07, 6.45) is 0. The summed E-state index contributed by atoms with van der Waals surface area (Å²) in [5.74, 6) is 0.724.